The minimum Gasteiger partial charge on any atom is -0.358 e. The minimum atomic E-state index is -0.431. The molecule has 0 heterocycles. The Hall–Kier alpha value is -1.70. The maximum atomic E-state index is 11.6. The van der Waals surface area contributed by atoms with Crippen molar-refractivity contribution >= 4 is 34.8 Å². The number of carbonyl (C=O) groups is 1. The van der Waals surface area contributed by atoms with Gasteiger partial charge >= 0.3 is 0 Å². The van der Waals surface area contributed by atoms with Gasteiger partial charge in [-0.05, 0) is 18.6 Å². The van der Waals surface area contributed by atoms with E-state index in [2.05, 4.69) is 10.6 Å². The Labute approximate surface area is 122 Å². The fourth-order valence-electron chi connectivity index (χ4n) is 1.26. The summed E-state index contributed by atoms with van der Waals surface area (Å²) in [7, 11) is 0. The zero-order valence-corrected chi connectivity index (χ0v) is 11.8. The van der Waals surface area contributed by atoms with Crippen LogP contribution in [0.1, 0.15) is 13.3 Å². The molecular formula is C13H13Cl2N3O. The molecule has 0 spiro atoms. The predicted octanol–water partition coefficient (Wildman–Crippen LogP) is 3.34. The third kappa shape index (κ3) is 4.47. The molecule has 4 nitrogen and oxygen atoms in total. The second-order valence-electron chi connectivity index (χ2n) is 3.67. The van der Waals surface area contributed by atoms with E-state index >= 15 is 0 Å². The monoisotopic (exact) mass is 297 g/mol. The number of para-hydroxylation sites is 1. The summed E-state index contributed by atoms with van der Waals surface area (Å²) in [6.45, 7) is 2.45. The van der Waals surface area contributed by atoms with Crippen LogP contribution in [0.2, 0.25) is 10.0 Å². The first-order valence-corrected chi connectivity index (χ1v) is 6.44. The summed E-state index contributed by atoms with van der Waals surface area (Å²) in [5, 5.41) is 15.1. The van der Waals surface area contributed by atoms with E-state index in [9.17, 15) is 4.79 Å². The van der Waals surface area contributed by atoms with Gasteiger partial charge in [0.1, 0.15) is 11.6 Å². The Morgan fingerprint density at radius 3 is 2.58 bits per heavy atom. The SMILES string of the molecule is CCCNC(=O)/C(C#N)=C\Nc1c(Cl)cccc1Cl. The van der Waals surface area contributed by atoms with E-state index in [1.807, 2.05) is 13.0 Å². The second-order valence-corrected chi connectivity index (χ2v) is 4.48. The summed E-state index contributed by atoms with van der Waals surface area (Å²) >= 11 is 11.9. The summed E-state index contributed by atoms with van der Waals surface area (Å²) in [6, 6.07) is 6.85. The molecule has 0 aromatic heterocycles. The Morgan fingerprint density at radius 2 is 2.05 bits per heavy atom. The van der Waals surface area contributed by atoms with Crippen molar-refractivity contribution in [3.8, 4) is 6.07 Å². The van der Waals surface area contributed by atoms with E-state index in [0.717, 1.165) is 6.42 Å². The van der Waals surface area contributed by atoms with Crippen molar-refractivity contribution in [2.24, 2.45) is 0 Å². The van der Waals surface area contributed by atoms with Crippen LogP contribution in [0.4, 0.5) is 5.69 Å². The van der Waals surface area contributed by atoms with E-state index in [1.165, 1.54) is 6.20 Å². The Bertz CT molecular complexity index is 515. The molecule has 19 heavy (non-hydrogen) atoms. The van der Waals surface area contributed by atoms with Crippen LogP contribution in [0, 0.1) is 11.3 Å². The number of nitriles is 1. The molecule has 1 rings (SSSR count). The van der Waals surface area contributed by atoms with Gasteiger partial charge in [0.05, 0.1) is 15.7 Å². The van der Waals surface area contributed by atoms with E-state index < -0.39 is 5.91 Å². The van der Waals surface area contributed by atoms with Crippen molar-refractivity contribution in [3.05, 3.63) is 40.0 Å². The standard InChI is InChI=1S/C13H13Cl2N3O/c1-2-6-17-13(19)9(7-16)8-18-12-10(14)4-3-5-11(12)15/h3-5,8,18H,2,6H2,1H3,(H,17,19)/b9-8-. The summed E-state index contributed by atoms with van der Waals surface area (Å²) in [4.78, 5) is 11.6. The molecule has 2 N–H and O–H groups in total. The zero-order valence-electron chi connectivity index (χ0n) is 10.3. The van der Waals surface area contributed by atoms with Gasteiger partial charge in [-0.25, -0.2) is 0 Å². The number of hydrogen-bond donors (Lipinski definition) is 2. The number of benzene rings is 1. The van der Waals surface area contributed by atoms with Crippen LogP contribution in [-0.2, 0) is 4.79 Å². The van der Waals surface area contributed by atoms with E-state index in [0.29, 0.717) is 22.3 Å². The van der Waals surface area contributed by atoms with Gasteiger partial charge in [-0.2, -0.15) is 5.26 Å². The lowest BCUT2D eigenvalue weighted by Crippen LogP contribution is -2.25. The van der Waals surface area contributed by atoms with E-state index in [-0.39, 0.29) is 5.57 Å². The molecule has 0 atom stereocenters. The van der Waals surface area contributed by atoms with Gasteiger partial charge < -0.3 is 10.6 Å². The Balaban J connectivity index is 2.84. The van der Waals surface area contributed by atoms with Crippen LogP contribution < -0.4 is 10.6 Å². The lowest BCUT2D eigenvalue weighted by atomic mass is 10.2. The molecule has 1 aromatic rings. The van der Waals surface area contributed by atoms with Crippen LogP contribution >= 0.6 is 23.2 Å². The quantitative estimate of drug-likeness (QED) is 0.647. The molecule has 1 aromatic carbocycles. The number of halogens is 2. The number of carbonyl (C=O) groups excluding carboxylic acids is 1. The molecule has 100 valence electrons. The number of rotatable bonds is 5. The average Bonchev–Trinajstić information content (AvgIpc) is 2.39. The van der Waals surface area contributed by atoms with Gasteiger partial charge in [-0.1, -0.05) is 36.2 Å². The van der Waals surface area contributed by atoms with Crippen molar-refractivity contribution in [3.63, 3.8) is 0 Å². The predicted molar refractivity (Wildman–Crippen MR) is 77.1 cm³/mol. The Morgan fingerprint density at radius 1 is 1.42 bits per heavy atom. The smallest absolute Gasteiger partial charge is 0.263 e. The van der Waals surface area contributed by atoms with Gasteiger partial charge in [-0.3, -0.25) is 4.79 Å². The summed E-state index contributed by atoms with van der Waals surface area (Å²) in [5.41, 5.74) is 0.423. The van der Waals surface area contributed by atoms with Crippen molar-refractivity contribution in [2.75, 3.05) is 11.9 Å². The highest BCUT2D eigenvalue weighted by Gasteiger charge is 2.09. The van der Waals surface area contributed by atoms with Crippen LogP contribution in [0.25, 0.3) is 0 Å². The highest BCUT2D eigenvalue weighted by atomic mass is 35.5. The van der Waals surface area contributed by atoms with E-state index in [1.54, 1.807) is 18.2 Å². The third-order valence-corrected chi connectivity index (χ3v) is 2.85. The molecule has 0 fully saturated rings. The first-order valence-electron chi connectivity index (χ1n) is 5.69. The number of nitrogens with zero attached hydrogens (tertiary/aromatic N) is 1. The van der Waals surface area contributed by atoms with Crippen molar-refractivity contribution in [1.29, 1.82) is 5.26 Å². The molecule has 0 aliphatic carbocycles. The average molecular weight is 298 g/mol. The topological polar surface area (TPSA) is 64.9 Å². The molecule has 0 unspecified atom stereocenters. The number of nitrogens with one attached hydrogen (secondary N) is 2. The first-order chi connectivity index (χ1) is 9.10. The van der Waals surface area contributed by atoms with Gasteiger partial charge in [0.2, 0.25) is 0 Å². The Kier molecular flexibility index (Phi) is 6.20. The minimum absolute atomic E-state index is 0.0376. The van der Waals surface area contributed by atoms with E-state index in [4.69, 9.17) is 28.5 Å². The lowest BCUT2D eigenvalue weighted by Gasteiger charge is -2.07. The number of amides is 1. The molecule has 0 saturated heterocycles. The summed E-state index contributed by atoms with van der Waals surface area (Å²) in [6.07, 6.45) is 2.09. The van der Waals surface area contributed by atoms with Crippen LogP contribution in [0.5, 0.6) is 0 Å². The molecular weight excluding hydrogens is 285 g/mol. The van der Waals surface area contributed by atoms with Gasteiger partial charge in [0.15, 0.2) is 0 Å². The summed E-state index contributed by atoms with van der Waals surface area (Å²) < 4.78 is 0. The molecule has 0 radical (unpaired) electrons. The second kappa shape index (κ2) is 7.67. The fourth-order valence-corrected chi connectivity index (χ4v) is 1.77. The first kappa shape index (κ1) is 15.4. The number of hydrogen-bond acceptors (Lipinski definition) is 3. The lowest BCUT2D eigenvalue weighted by molar-refractivity contribution is -0.117. The normalized spacial score (nSPS) is 10.7. The largest absolute Gasteiger partial charge is 0.358 e. The molecule has 6 heteroatoms. The molecule has 0 aliphatic rings. The molecule has 0 bridgehead atoms. The highest BCUT2D eigenvalue weighted by Crippen LogP contribution is 2.29. The molecule has 1 amide bonds. The van der Waals surface area contributed by atoms with Crippen LogP contribution in [-0.4, -0.2) is 12.5 Å². The van der Waals surface area contributed by atoms with Crippen molar-refractivity contribution in [2.45, 2.75) is 13.3 Å². The zero-order chi connectivity index (χ0) is 14.3. The molecule has 0 saturated carbocycles. The maximum Gasteiger partial charge on any atom is 0.263 e. The highest BCUT2D eigenvalue weighted by molar-refractivity contribution is 6.39. The maximum absolute atomic E-state index is 11.6. The van der Waals surface area contributed by atoms with Gasteiger partial charge in [0, 0.05) is 12.7 Å². The number of anilines is 1. The van der Waals surface area contributed by atoms with Crippen molar-refractivity contribution < 1.29 is 4.79 Å². The van der Waals surface area contributed by atoms with Crippen molar-refractivity contribution in [1.82, 2.24) is 5.32 Å². The van der Waals surface area contributed by atoms with Crippen LogP contribution in [0.3, 0.4) is 0 Å². The van der Waals surface area contributed by atoms with Gasteiger partial charge in [0.25, 0.3) is 5.91 Å². The van der Waals surface area contributed by atoms with Gasteiger partial charge in [-0.15, -0.1) is 0 Å². The van der Waals surface area contributed by atoms with Crippen LogP contribution in [0.15, 0.2) is 30.0 Å². The molecule has 0 aliphatic heterocycles. The summed E-state index contributed by atoms with van der Waals surface area (Å²) in [5.74, 6) is -0.431. The third-order valence-electron chi connectivity index (χ3n) is 2.22. The fraction of sp³-hybridized carbons (Fsp3) is 0.231.